The molecule has 102 valence electrons. The molecule has 0 N–H and O–H groups in total. The number of halogens is 1. The number of benzene rings is 2. The third kappa shape index (κ3) is 3.28. The first-order valence-electron chi connectivity index (χ1n) is 7.02. The highest BCUT2D eigenvalue weighted by Gasteiger charge is 2.23. The molecule has 0 bridgehead atoms. The van der Waals surface area contributed by atoms with Gasteiger partial charge >= 0.3 is 0 Å². The van der Waals surface area contributed by atoms with E-state index in [9.17, 15) is 0 Å². The molecule has 1 aliphatic rings. The normalized spacial score (nSPS) is 16.6. The van der Waals surface area contributed by atoms with E-state index >= 15 is 0 Å². The number of hydrogen-bond acceptors (Lipinski definition) is 0. The van der Waals surface area contributed by atoms with Gasteiger partial charge in [0.25, 0.3) is 0 Å². The molecule has 2 aromatic carbocycles. The zero-order chi connectivity index (χ0) is 13.8. The van der Waals surface area contributed by atoms with Crippen molar-refractivity contribution in [3.63, 3.8) is 0 Å². The molecular weight excluding hydrogens is 284 g/mol. The van der Waals surface area contributed by atoms with Gasteiger partial charge in [-0.3, -0.25) is 0 Å². The molecule has 0 saturated carbocycles. The van der Waals surface area contributed by atoms with E-state index in [2.05, 4.69) is 47.9 Å². The average Bonchev–Trinajstić information content (AvgIpc) is 3.00. The molecule has 20 heavy (non-hydrogen) atoms. The fourth-order valence-electron chi connectivity index (χ4n) is 2.51. The topological polar surface area (TPSA) is 0 Å². The Morgan fingerprint density at radius 2 is 1.45 bits per heavy atom. The highest BCUT2D eigenvalue weighted by molar-refractivity contribution is 8.00. The van der Waals surface area contributed by atoms with Crippen molar-refractivity contribution in [1.82, 2.24) is 0 Å². The zero-order valence-electron chi connectivity index (χ0n) is 11.4. The maximum atomic E-state index is 6.01. The summed E-state index contributed by atoms with van der Waals surface area (Å²) < 4.78 is 0. The summed E-state index contributed by atoms with van der Waals surface area (Å²) in [6, 6.07) is 18.9. The number of rotatable bonds is 3. The van der Waals surface area contributed by atoms with E-state index < -0.39 is 0 Å². The largest absolute Gasteiger partial charge is 0.127 e. The quantitative estimate of drug-likeness (QED) is 0.689. The van der Waals surface area contributed by atoms with E-state index in [1.54, 1.807) is 0 Å². The first-order chi connectivity index (χ1) is 9.83. The van der Waals surface area contributed by atoms with Crippen molar-refractivity contribution in [3.05, 3.63) is 76.2 Å². The second kappa shape index (κ2) is 6.51. The lowest BCUT2D eigenvalue weighted by Gasteiger charge is -2.07. The molecule has 0 unspecified atom stereocenters. The molecule has 3 rings (SSSR count). The molecule has 1 saturated heterocycles. The highest BCUT2D eigenvalue weighted by Crippen LogP contribution is 2.28. The van der Waals surface area contributed by atoms with Gasteiger partial charge in [0.2, 0.25) is 0 Å². The van der Waals surface area contributed by atoms with Crippen LogP contribution in [0.1, 0.15) is 24.0 Å². The van der Waals surface area contributed by atoms with Crippen LogP contribution >= 0.6 is 11.6 Å². The predicted octanol–water partition coefficient (Wildman–Crippen LogP) is 5.14. The van der Waals surface area contributed by atoms with E-state index in [0.29, 0.717) is 10.9 Å². The molecule has 0 amide bonds. The Balaban J connectivity index is 2.01. The SMILES string of the molecule is Clc1ccc(C(=C[S+]2CCCC2)c2ccccc2)cc1. The third-order valence-electron chi connectivity index (χ3n) is 3.59. The van der Waals surface area contributed by atoms with Crippen LogP contribution in [0, 0.1) is 0 Å². The molecular formula is C18H18ClS+. The third-order valence-corrected chi connectivity index (χ3v) is 6.03. The van der Waals surface area contributed by atoms with Gasteiger partial charge in [0, 0.05) is 21.5 Å². The number of hydrogen-bond donors (Lipinski definition) is 0. The van der Waals surface area contributed by atoms with Crippen molar-refractivity contribution in [2.75, 3.05) is 11.5 Å². The van der Waals surface area contributed by atoms with Gasteiger partial charge in [-0.2, -0.15) is 0 Å². The predicted molar refractivity (Wildman–Crippen MR) is 91.3 cm³/mol. The van der Waals surface area contributed by atoms with Crippen LogP contribution < -0.4 is 0 Å². The molecule has 1 aliphatic heterocycles. The standard InChI is InChI=1S/C18H18ClS/c19-17-10-8-16(9-11-17)18(14-20-12-4-5-13-20)15-6-2-1-3-7-15/h1-3,6-11,14H,4-5,12-13H2/q+1. The van der Waals surface area contributed by atoms with Gasteiger partial charge in [0.15, 0.2) is 0 Å². The second-order valence-corrected chi connectivity index (χ2v) is 7.62. The minimum absolute atomic E-state index is 0.441. The lowest BCUT2D eigenvalue weighted by molar-refractivity contribution is 0.949. The highest BCUT2D eigenvalue weighted by atomic mass is 35.5. The summed E-state index contributed by atoms with van der Waals surface area (Å²) in [6.07, 6.45) is 2.75. The molecule has 2 aromatic rings. The van der Waals surface area contributed by atoms with Gasteiger partial charge in [-0.1, -0.05) is 54.1 Å². The van der Waals surface area contributed by atoms with Crippen LogP contribution in [0.5, 0.6) is 0 Å². The van der Waals surface area contributed by atoms with Gasteiger partial charge in [-0.05, 0) is 36.1 Å². The van der Waals surface area contributed by atoms with Crippen LogP contribution in [0.15, 0.2) is 60.0 Å². The molecule has 0 spiro atoms. The van der Waals surface area contributed by atoms with Gasteiger partial charge in [-0.15, -0.1) is 0 Å². The van der Waals surface area contributed by atoms with Crippen molar-refractivity contribution in [2.45, 2.75) is 12.8 Å². The van der Waals surface area contributed by atoms with Gasteiger partial charge in [-0.25, -0.2) is 0 Å². The van der Waals surface area contributed by atoms with Crippen molar-refractivity contribution in [3.8, 4) is 0 Å². The van der Waals surface area contributed by atoms with Crippen LogP contribution in [0.4, 0.5) is 0 Å². The molecule has 0 nitrogen and oxygen atoms in total. The maximum absolute atomic E-state index is 6.01. The molecule has 0 radical (unpaired) electrons. The van der Waals surface area contributed by atoms with Crippen LogP contribution in [0.2, 0.25) is 5.02 Å². The van der Waals surface area contributed by atoms with E-state index in [4.69, 9.17) is 11.6 Å². The summed E-state index contributed by atoms with van der Waals surface area (Å²) in [4.78, 5) is 0. The van der Waals surface area contributed by atoms with Crippen molar-refractivity contribution >= 4 is 28.1 Å². The van der Waals surface area contributed by atoms with Crippen LogP contribution in [0.3, 0.4) is 0 Å². The summed E-state index contributed by atoms with van der Waals surface area (Å²) >= 11 is 6.01. The van der Waals surface area contributed by atoms with Crippen molar-refractivity contribution in [2.24, 2.45) is 0 Å². The second-order valence-electron chi connectivity index (χ2n) is 5.06. The summed E-state index contributed by atoms with van der Waals surface area (Å²) in [5.41, 5.74) is 3.92. The van der Waals surface area contributed by atoms with E-state index in [0.717, 1.165) is 5.02 Å². The Bertz CT molecular complexity index is 581. The van der Waals surface area contributed by atoms with Crippen molar-refractivity contribution in [1.29, 1.82) is 0 Å². The lowest BCUT2D eigenvalue weighted by Crippen LogP contribution is -2.00. The minimum atomic E-state index is 0.441. The Morgan fingerprint density at radius 3 is 2.10 bits per heavy atom. The molecule has 1 fully saturated rings. The minimum Gasteiger partial charge on any atom is -0.0843 e. The maximum Gasteiger partial charge on any atom is 0.127 e. The first kappa shape index (κ1) is 13.8. The van der Waals surface area contributed by atoms with Crippen LogP contribution in [-0.2, 0) is 10.9 Å². The van der Waals surface area contributed by atoms with Crippen LogP contribution in [-0.4, -0.2) is 11.5 Å². The fourth-order valence-corrected chi connectivity index (χ4v) is 4.83. The zero-order valence-corrected chi connectivity index (χ0v) is 13.0. The summed E-state index contributed by atoms with van der Waals surface area (Å²) in [6.45, 7) is 0. The fraction of sp³-hybridized carbons (Fsp3) is 0.222. The van der Waals surface area contributed by atoms with Crippen molar-refractivity contribution < 1.29 is 0 Å². The summed E-state index contributed by atoms with van der Waals surface area (Å²) in [5.74, 6) is 2.70. The van der Waals surface area contributed by atoms with E-state index in [1.165, 1.54) is 41.0 Å². The summed E-state index contributed by atoms with van der Waals surface area (Å²) in [5, 5.41) is 3.29. The molecule has 0 atom stereocenters. The average molecular weight is 302 g/mol. The van der Waals surface area contributed by atoms with Gasteiger partial charge in [0.05, 0.1) is 0 Å². The smallest absolute Gasteiger partial charge is 0.0843 e. The Hall–Kier alpha value is -1.18. The molecule has 2 heteroatoms. The first-order valence-corrected chi connectivity index (χ1v) is 9.03. The molecule has 0 aromatic heterocycles. The Labute approximate surface area is 128 Å². The Kier molecular flexibility index (Phi) is 4.49. The van der Waals surface area contributed by atoms with E-state index in [1.807, 2.05) is 12.1 Å². The Morgan fingerprint density at radius 1 is 0.850 bits per heavy atom. The van der Waals surface area contributed by atoms with Gasteiger partial charge < -0.3 is 0 Å². The lowest BCUT2D eigenvalue weighted by atomic mass is 10.00. The molecule has 1 heterocycles. The van der Waals surface area contributed by atoms with E-state index in [-0.39, 0.29) is 0 Å². The molecule has 0 aliphatic carbocycles. The summed E-state index contributed by atoms with van der Waals surface area (Å²) in [7, 11) is 0.441. The van der Waals surface area contributed by atoms with Gasteiger partial charge in [0.1, 0.15) is 16.9 Å². The monoisotopic (exact) mass is 301 g/mol. The van der Waals surface area contributed by atoms with Crippen LogP contribution in [0.25, 0.3) is 5.57 Å².